The van der Waals surface area contributed by atoms with E-state index in [0.717, 1.165) is 50.4 Å². The maximum absolute atomic E-state index is 12.0. The van der Waals surface area contributed by atoms with Gasteiger partial charge in [-0.25, -0.2) is 4.79 Å². The number of hydrogen-bond donors (Lipinski definition) is 1. The number of nitrogens with one attached hydrogen (secondary N) is 1. The fourth-order valence-electron chi connectivity index (χ4n) is 3.16. The van der Waals surface area contributed by atoms with Gasteiger partial charge < -0.3 is 14.8 Å². The summed E-state index contributed by atoms with van der Waals surface area (Å²) in [6.45, 7) is 1.81. The SMILES string of the molecule is CNC(=O)N1CCCC[C@H]1c1nnc2n1CCCC2. The molecule has 6 heteroatoms. The summed E-state index contributed by atoms with van der Waals surface area (Å²) in [6, 6.07) is 0.0888. The third kappa shape index (κ3) is 2.19. The van der Waals surface area contributed by atoms with Crippen molar-refractivity contribution in [1.82, 2.24) is 25.0 Å². The lowest BCUT2D eigenvalue weighted by atomic mass is 10.0. The summed E-state index contributed by atoms with van der Waals surface area (Å²) >= 11 is 0. The quantitative estimate of drug-likeness (QED) is 0.834. The lowest BCUT2D eigenvalue weighted by molar-refractivity contribution is 0.146. The molecule has 0 saturated carbocycles. The van der Waals surface area contributed by atoms with Crippen molar-refractivity contribution in [1.29, 1.82) is 0 Å². The van der Waals surface area contributed by atoms with Gasteiger partial charge >= 0.3 is 6.03 Å². The van der Waals surface area contributed by atoms with E-state index in [4.69, 9.17) is 0 Å². The van der Waals surface area contributed by atoms with Crippen LogP contribution in [0.5, 0.6) is 0 Å². The number of aryl methyl sites for hydroxylation is 1. The van der Waals surface area contributed by atoms with Crippen LogP contribution in [-0.2, 0) is 13.0 Å². The minimum atomic E-state index is -0.00198. The minimum absolute atomic E-state index is 0.00198. The largest absolute Gasteiger partial charge is 0.341 e. The Balaban J connectivity index is 1.90. The number of nitrogens with zero attached hydrogens (tertiary/aromatic N) is 4. The van der Waals surface area contributed by atoms with Gasteiger partial charge in [0.1, 0.15) is 5.82 Å². The summed E-state index contributed by atoms with van der Waals surface area (Å²) in [6.07, 6.45) is 6.61. The molecule has 0 bridgehead atoms. The van der Waals surface area contributed by atoms with Crippen molar-refractivity contribution in [3.63, 3.8) is 0 Å². The van der Waals surface area contributed by atoms with Crippen LogP contribution in [0.3, 0.4) is 0 Å². The average molecular weight is 263 g/mol. The molecule has 2 aliphatic heterocycles. The van der Waals surface area contributed by atoms with Crippen LogP contribution in [-0.4, -0.2) is 39.3 Å². The Hall–Kier alpha value is -1.59. The van der Waals surface area contributed by atoms with E-state index in [-0.39, 0.29) is 12.1 Å². The first-order valence-electron chi connectivity index (χ1n) is 7.21. The molecular formula is C13H21N5O. The first-order chi connectivity index (χ1) is 9.31. The van der Waals surface area contributed by atoms with E-state index in [2.05, 4.69) is 20.1 Å². The molecule has 1 N–H and O–H groups in total. The predicted octanol–water partition coefficient (Wildman–Crippen LogP) is 1.48. The number of urea groups is 1. The number of carbonyl (C=O) groups is 1. The highest BCUT2D eigenvalue weighted by molar-refractivity contribution is 5.74. The normalized spacial score (nSPS) is 23.0. The van der Waals surface area contributed by atoms with Gasteiger partial charge in [-0.3, -0.25) is 0 Å². The van der Waals surface area contributed by atoms with Crippen molar-refractivity contribution in [3.8, 4) is 0 Å². The molecule has 6 nitrogen and oxygen atoms in total. The molecule has 2 amide bonds. The van der Waals surface area contributed by atoms with Crippen molar-refractivity contribution < 1.29 is 4.79 Å². The predicted molar refractivity (Wildman–Crippen MR) is 70.7 cm³/mol. The second-order valence-electron chi connectivity index (χ2n) is 5.34. The molecule has 0 unspecified atom stereocenters. The molecule has 0 spiro atoms. The maximum atomic E-state index is 12.0. The van der Waals surface area contributed by atoms with Gasteiger partial charge in [-0.15, -0.1) is 10.2 Å². The summed E-state index contributed by atoms with van der Waals surface area (Å²) in [4.78, 5) is 13.9. The summed E-state index contributed by atoms with van der Waals surface area (Å²) in [5, 5.41) is 11.4. The highest BCUT2D eigenvalue weighted by Crippen LogP contribution is 2.31. The van der Waals surface area contributed by atoms with Crippen LogP contribution in [0.25, 0.3) is 0 Å². The third-order valence-electron chi connectivity index (χ3n) is 4.16. The van der Waals surface area contributed by atoms with Crippen molar-refractivity contribution >= 4 is 6.03 Å². The molecule has 1 saturated heterocycles. The van der Waals surface area contributed by atoms with Crippen LogP contribution < -0.4 is 5.32 Å². The Morgan fingerprint density at radius 3 is 2.89 bits per heavy atom. The topological polar surface area (TPSA) is 63.1 Å². The first kappa shape index (κ1) is 12.4. The molecule has 1 fully saturated rings. The third-order valence-corrected chi connectivity index (χ3v) is 4.16. The molecule has 2 aliphatic rings. The number of hydrogen-bond acceptors (Lipinski definition) is 3. The van der Waals surface area contributed by atoms with E-state index in [1.54, 1.807) is 7.05 Å². The standard InChI is InChI=1S/C13H21N5O/c1-14-13(19)17-8-4-2-6-10(17)12-16-15-11-7-3-5-9-18(11)12/h10H,2-9H2,1H3,(H,14,19)/t10-/m0/s1. The van der Waals surface area contributed by atoms with Gasteiger partial charge in [-0.1, -0.05) is 0 Å². The van der Waals surface area contributed by atoms with Gasteiger partial charge in [0.15, 0.2) is 5.82 Å². The van der Waals surface area contributed by atoms with Crippen LogP contribution in [0.4, 0.5) is 4.79 Å². The molecule has 104 valence electrons. The smallest absolute Gasteiger partial charge is 0.317 e. The minimum Gasteiger partial charge on any atom is -0.341 e. The summed E-state index contributed by atoms with van der Waals surface area (Å²) in [5.41, 5.74) is 0. The Morgan fingerprint density at radius 2 is 2.05 bits per heavy atom. The molecule has 1 atom stereocenters. The lowest BCUT2D eigenvalue weighted by Gasteiger charge is -2.35. The fourth-order valence-corrected chi connectivity index (χ4v) is 3.16. The van der Waals surface area contributed by atoms with E-state index in [9.17, 15) is 4.79 Å². The zero-order valence-electron chi connectivity index (χ0n) is 11.4. The Morgan fingerprint density at radius 1 is 1.21 bits per heavy atom. The van der Waals surface area contributed by atoms with Crippen molar-refractivity contribution in [2.75, 3.05) is 13.6 Å². The van der Waals surface area contributed by atoms with Gasteiger partial charge in [0.2, 0.25) is 0 Å². The van der Waals surface area contributed by atoms with E-state index in [0.29, 0.717) is 0 Å². The lowest BCUT2D eigenvalue weighted by Crippen LogP contribution is -2.44. The first-order valence-corrected chi connectivity index (χ1v) is 7.21. The molecule has 1 aromatic rings. The summed E-state index contributed by atoms with van der Waals surface area (Å²) in [7, 11) is 1.69. The number of rotatable bonds is 1. The van der Waals surface area contributed by atoms with Gasteiger partial charge in [0, 0.05) is 26.6 Å². The number of fused-ring (bicyclic) bond motifs is 1. The Labute approximate surface area is 113 Å². The zero-order valence-corrected chi connectivity index (χ0v) is 11.4. The molecule has 0 aliphatic carbocycles. The summed E-state index contributed by atoms with van der Waals surface area (Å²) in [5.74, 6) is 2.07. The van der Waals surface area contributed by atoms with Crippen LogP contribution in [0.1, 0.15) is 49.8 Å². The number of carbonyl (C=O) groups excluding carboxylic acids is 1. The molecule has 19 heavy (non-hydrogen) atoms. The van der Waals surface area contributed by atoms with E-state index in [1.807, 2.05) is 4.90 Å². The number of amides is 2. The van der Waals surface area contributed by atoms with Crippen LogP contribution in [0, 0.1) is 0 Å². The maximum Gasteiger partial charge on any atom is 0.317 e. The van der Waals surface area contributed by atoms with Crippen LogP contribution in [0.2, 0.25) is 0 Å². The number of piperidine rings is 1. The second-order valence-corrected chi connectivity index (χ2v) is 5.34. The summed E-state index contributed by atoms with van der Waals surface area (Å²) < 4.78 is 2.23. The van der Waals surface area contributed by atoms with Crippen LogP contribution >= 0.6 is 0 Å². The molecule has 1 aromatic heterocycles. The highest BCUT2D eigenvalue weighted by atomic mass is 16.2. The van der Waals surface area contributed by atoms with Crippen molar-refractivity contribution in [2.45, 2.75) is 51.1 Å². The monoisotopic (exact) mass is 263 g/mol. The fraction of sp³-hybridized carbons (Fsp3) is 0.769. The van der Waals surface area contributed by atoms with E-state index >= 15 is 0 Å². The number of likely N-dealkylation sites (tertiary alicyclic amines) is 1. The van der Waals surface area contributed by atoms with Gasteiger partial charge in [0.25, 0.3) is 0 Å². The molecule has 3 heterocycles. The zero-order chi connectivity index (χ0) is 13.2. The number of aromatic nitrogens is 3. The van der Waals surface area contributed by atoms with Gasteiger partial charge in [0.05, 0.1) is 6.04 Å². The Bertz CT molecular complexity index is 470. The van der Waals surface area contributed by atoms with E-state index in [1.165, 1.54) is 12.8 Å². The van der Waals surface area contributed by atoms with Crippen molar-refractivity contribution in [2.24, 2.45) is 0 Å². The highest BCUT2D eigenvalue weighted by Gasteiger charge is 2.32. The average Bonchev–Trinajstić information content (AvgIpc) is 2.90. The second kappa shape index (κ2) is 5.19. The molecule has 3 rings (SSSR count). The van der Waals surface area contributed by atoms with E-state index < -0.39 is 0 Å². The van der Waals surface area contributed by atoms with Crippen LogP contribution in [0.15, 0.2) is 0 Å². The van der Waals surface area contributed by atoms with Gasteiger partial charge in [-0.05, 0) is 32.1 Å². The molecular weight excluding hydrogens is 242 g/mol. The van der Waals surface area contributed by atoms with Crippen molar-refractivity contribution in [3.05, 3.63) is 11.6 Å². The Kier molecular flexibility index (Phi) is 3.40. The van der Waals surface area contributed by atoms with Gasteiger partial charge in [-0.2, -0.15) is 0 Å². The molecule has 0 radical (unpaired) electrons. The molecule has 0 aromatic carbocycles.